The van der Waals surface area contributed by atoms with Crippen LogP contribution in [0.5, 0.6) is 0 Å². The number of carbonyl (C=O) groups excluding carboxylic acids is 2. The molecule has 1 atom stereocenters. The summed E-state index contributed by atoms with van der Waals surface area (Å²) in [7, 11) is 0. The first kappa shape index (κ1) is 25.5. The van der Waals surface area contributed by atoms with Crippen molar-refractivity contribution in [1.29, 1.82) is 5.41 Å². The van der Waals surface area contributed by atoms with E-state index in [1.54, 1.807) is 24.3 Å². The number of nitrogens with one attached hydrogen (secondary N) is 2. The van der Waals surface area contributed by atoms with Crippen molar-refractivity contribution in [3.63, 3.8) is 0 Å². The molecule has 1 aliphatic rings. The third kappa shape index (κ3) is 7.75. The fourth-order valence-corrected chi connectivity index (χ4v) is 4.27. The van der Waals surface area contributed by atoms with E-state index in [2.05, 4.69) is 5.32 Å². The van der Waals surface area contributed by atoms with Crippen molar-refractivity contribution in [1.82, 2.24) is 10.2 Å². The number of carbonyl (C=O) groups is 3. The van der Waals surface area contributed by atoms with Crippen molar-refractivity contribution >= 4 is 23.5 Å². The fourth-order valence-electron chi connectivity index (χ4n) is 4.27. The number of likely N-dealkylation sites (tertiary alicyclic amines) is 1. The van der Waals surface area contributed by atoms with Crippen LogP contribution >= 0.6 is 0 Å². The number of amides is 1. The van der Waals surface area contributed by atoms with Gasteiger partial charge in [0.1, 0.15) is 5.84 Å². The highest BCUT2D eigenvalue weighted by molar-refractivity contribution is 5.99. The van der Waals surface area contributed by atoms with E-state index in [4.69, 9.17) is 16.2 Å². The van der Waals surface area contributed by atoms with Crippen LogP contribution in [-0.2, 0) is 9.59 Å². The molecule has 0 bridgehead atoms. The molecule has 0 saturated carbocycles. The molecule has 0 radical (unpaired) electrons. The van der Waals surface area contributed by atoms with Crippen molar-refractivity contribution in [2.24, 2.45) is 11.7 Å². The van der Waals surface area contributed by atoms with Gasteiger partial charge in [0.05, 0.1) is 6.04 Å². The van der Waals surface area contributed by atoms with Crippen LogP contribution in [0.2, 0.25) is 0 Å². The van der Waals surface area contributed by atoms with E-state index in [1.807, 2.05) is 25.7 Å². The molecule has 1 aromatic carbocycles. The Hall–Kier alpha value is -2.74. The van der Waals surface area contributed by atoms with Crippen LogP contribution in [0, 0.1) is 11.3 Å². The van der Waals surface area contributed by atoms with Crippen LogP contribution in [0.25, 0.3) is 0 Å². The maximum atomic E-state index is 12.8. The summed E-state index contributed by atoms with van der Waals surface area (Å²) in [5.74, 6) is -0.576. The maximum absolute atomic E-state index is 12.8. The SMILES string of the molecule is C[C@H](NC(C)(C)CCCC(=O)c1ccc(C(=N)N)cc1)C(=O)N1CCC(CC(=O)O)CC1. The van der Waals surface area contributed by atoms with Gasteiger partial charge in [0.25, 0.3) is 0 Å². The fraction of sp³-hybridized carbons (Fsp3) is 0.583. The van der Waals surface area contributed by atoms with Crippen LogP contribution < -0.4 is 11.1 Å². The minimum Gasteiger partial charge on any atom is -0.481 e. The quantitative estimate of drug-likeness (QED) is 0.235. The van der Waals surface area contributed by atoms with Gasteiger partial charge in [-0.2, -0.15) is 0 Å². The standard InChI is InChI=1S/C24H36N4O4/c1-16(23(32)28-13-10-17(11-14-28)15-21(30)31)27-24(2,3)12-4-5-20(29)18-6-8-19(9-7-18)22(25)26/h6-9,16-17,27H,4-5,10-15H2,1-3H3,(H3,25,26)(H,30,31)/t16-/m0/s1. The maximum Gasteiger partial charge on any atom is 0.303 e. The second kappa shape index (κ2) is 11.2. The monoisotopic (exact) mass is 444 g/mol. The predicted octanol–water partition coefficient (Wildman–Crippen LogP) is 2.79. The second-order valence-electron chi connectivity index (χ2n) is 9.38. The van der Waals surface area contributed by atoms with Crippen molar-refractivity contribution in [2.75, 3.05) is 13.1 Å². The number of nitrogen functional groups attached to an aromatic ring is 1. The largest absolute Gasteiger partial charge is 0.481 e. The molecule has 1 saturated heterocycles. The van der Waals surface area contributed by atoms with Crippen LogP contribution in [0.4, 0.5) is 0 Å². The molecular weight excluding hydrogens is 408 g/mol. The average molecular weight is 445 g/mol. The molecule has 1 aromatic rings. The Kier molecular flexibility index (Phi) is 8.95. The highest BCUT2D eigenvalue weighted by Gasteiger charge is 2.30. The summed E-state index contributed by atoms with van der Waals surface area (Å²) in [6, 6.07) is 6.40. The Bertz CT molecular complexity index is 827. The Morgan fingerprint density at radius 3 is 2.28 bits per heavy atom. The van der Waals surface area contributed by atoms with Crippen molar-refractivity contribution in [3.05, 3.63) is 35.4 Å². The van der Waals surface area contributed by atoms with Gasteiger partial charge in [-0.1, -0.05) is 24.3 Å². The summed E-state index contributed by atoms with van der Waals surface area (Å²) in [6.07, 6.45) is 3.46. The molecule has 176 valence electrons. The van der Waals surface area contributed by atoms with Crippen molar-refractivity contribution < 1.29 is 19.5 Å². The molecular formula is C24H36N4O4. The average Bonchev–Trinajstić information content (AvgIpc) is 2.72. The van der Waals surface area contributed by atoms with Gasteiger partial charge in [0, 0.05) is 42.6 Å². The van der Waals surface area contributed by atoms with Crippen molar-refractivity contribution in [3.8, 4) is 0 Å². The smallest absolute Gasteiger partial charge is 0.303 e. The first-order valence-electron chi connectivity index (χ1n) is 11.2. The van der Waals surface area contributed by atoms with Crippen LogP contribution in [0.3, 0.4) is 0 Å². The lowest BCUT2D eigenvalue weighted by molar-refractivity contribution is -0.139. The third-order valence-electron chi connectivity index (χ3n) is 6.09. The highest BCUT2D eigenvalue weighted by Crippen LogP contribution is 2.22. The predicted molar refractivity (Wildman–Crippen MR) is 124 cm³/mol. The van der Waals surface area contributed by atoms with E-state index in [-0.39, 0.29) is 41.4 Å². The van der Waals surface area contributed by atoms with E-state index in [9.17, 15) is 14.4 Å². The number of hydrogen-bond acceptors (Lipinski definition) is 5. The first-order chi connectivity index (χ1) is 15.0. The molecule has 1 amide bonds. The van der Waals surface area contributed by atoms with Gasteiger partial charge >= 0.3 is 5.97 Å². The molecule has 0 aliphatic carbocycles. The number of amidine groups is 1. The topological polar surface area (TPSA) is 137 Å². The highest BCUT2D eigenvalue weighted by atomic mass is 16.4. The van der Waals surface area contributed by atoms with E-state index in [0.717, 1.165) is 19.3 Å². The molecule has 2 rings (SSSR count). The number of aliphatic carboxylic acids is 1. The van der Waals surface area contributed by atoms with Gasteiger partial charge in [-0.25, -0.2) is 0 Å². The number of piperidine rings is 1. The minimum absolute atomic E-state index is 0.0230. The van der Waals surface area contributed by atoms with Gasteiger partial charge < -0.3 is 21.1 Å². The number of nitrogens with zero attached hydrogens (tertiary/aromatic N) is 1. The number of nitrogens with two attached hydrogens (primary N) is 1. The van der Waals surface area contributed by atoms with Crippen molar-refractivity contribution in [2.45, 2.75) is 70.9 Å². The summed E-state index contributed by atoms with van der Waals surface area (Å²) in [5.41, 5.74) is 6.33. The van der Waals surface area contributed by atoms with E-state index < -0.39 is 5.97 Å². The van der Waals surface area contributed by atoms with E-state index in [0.29, 0.717) is 37.1 Å². The molecule has 1 fully saturated rings. The van der Waals surface area contributed by atoms with E-state index in [1.165, 1.54) is 0 Å². The van der Waals surface area contributed by atoms with Gasteiger partial charge in [0.15, 0.2) is 5.78 Å². The van der Waals surface area contributed by atoms with E-state index >= 15 is 0 Å². The van der Waals surface area contributed by atoms with Gasteiger partial charge in [0.2, 0.25) is 5.91 Å². The Morgan fingerprint density at radius 2 is 1.75 bits per heavy atom. The minimum atomic E-state index is -0.780. The number of Topliss-reactive ketones (excluding diaryl/α,β-unsaturated/α-hetero) is 1. The molecule has 0 aromatic heterocycles. The van der Waals surface area contributed by atoms with Crippen LogP contribution in [0.1, 0.15) is 75.2 Å². The van der Waals surface area contributed by atoms with Gasteiger partial charge in [-0.15, -0.1) is 0 Å². The number of rotatable bonds is 11. The lowest BCUT2D eigenvalue weighted by Gasteiger charge is -2.36. The Balaban J connectivity index is 1.77. The second-order valence-corrected chi connectivity index (χ2v) is 9.38. The Labute approximate surface area is 190 Å². The molecule has 5 N–H and O–H groups in total. The molecule has 8 nitrogen and oxygen atoms in total. The zero-order valence-electron chi connectivity index (χ0n) is 19.3. The first-order valence-corrected chi connectivity index (χ1v) is 11.2. The normalized spacial score (nSPS) is 15.9. The summed E-state index contributed by atoms with van der Waals surface area (Å²) < 4.78 is 0. The number of carboxylic acid groups (broad SMARTS) is 1. The molecule has 32 heavy (non-hydrogen) atoms. The summed E-state index contributed by atoms with van der Waals surface area (Å²) in [4.78, 5) is 37.9. The van der Waals surface area contributed by atoms with Crippen LogP contribution in [-0.4, -0.2) is 58.2 Å². The number of hydrogen-bond donors (Lipinski definition) is 4. The number of benzene rings is 1. The number of ketones is 1. The molecule has 0 unspecified atom stereocenters. The lowest BCUT2D eigenvalue weighted by Crippen LogP contribution is -2.53. The molecule has 8 heteroatoms. The zero-order valence-corrected chi connectivity index (χ0v) is 19.3. The zero-order chi connectivity index (χ0) is 23.9. The molecule has 1 aliphatic heterocycles. The van der Waals surface area contributed by atoms with Gasteiger partial charge in [-0.05, 0) is 52.4 Å². The molecule has 0 spiro atoms. The number of carboxylic acids is 1. The van der Waals surface area contributed by atoms with Gasteiger partial charge in [-0.3, -0.25) is 19.8 Å². The molecule has 1 heterocycles. The van der Waals surface area contributed by atoms with Crippen LogP contribution in [0.15, 0.2) is 24.3 Å². The summed E-state index contributed by atoms with van der Waals surface area (Å²) in [5, 5.41) is 19.7. The summed E-state index contributed by atoms with van der Waals surface area (Å²) in [6.45, 7) is 7.11. The summed E-state index contributed by atoms with van der Waals surface area (Å²) >= 11 is 0. The lowest BCUT2D eigenvalue weighted by atomic mass is 9.92. The third-order valence-corrected chi connectivity index (χ3v) is 6.09. The Morgan fingerprint density at radius 1 is 1.19 bits per heavy atom.